The number of hydrogen-bond donors (Lipinski definition) is 2. The summed E-state index contributed by atoms with van der Waals surface area (Å²) in [6.45, 7) is 2.94. The van der Waals surface area contributed by atoms with Crippen molar-refractivity contribution in [2.45, 2.75) is 25.7 Å². The molecular formula is C18H20N2O. The maximum absolute atomic E-state index is 12.7. The lowest BCUT2D eigenvalue weighted by Gasteiger charge is -2.26. The molecule has 1 unspecified atom stereocenters. The molecule has 108 valence electrons. The Labute approximate surface area is 125 Å². The van der Waals surface area contributed by atoms with Crippen molar-refractivity contribution in [2.75, 3.05) is 17.2 Å². The Morgan fingerprint density at radius 2 is 1.95 bits per heavy atom. The third-order valence-electron chi connectivity index (χ3n) is 4.06. The number of benzene rings is 2. The molecule has 3 heteroatoms. The molecular weight excluding hydrogens is 260 g/mol. The summed E-state index contributed by atoms with van der Waals surface area (Å²) in [5.74, 6) is 0.0113. The van der Waals surface area contributed by atoms with E-state index in [-0.39, 0.29) is 11.8 Å². The van der Waals surface area contributed by atoms with Gasteiger partial charge in [-0.25, -0.2) is 0 Å². The van der Waals surface area contributed by atoms with Gasteiger partial charge in [0.2, 0.25) is 5.91 Å². The van der Waals surface area contributed by atoms with Crippen molar-refractivity contribution in [3.05, 3.63) is 59.7 Å². The van der Waals surface area contributed by atoms with Crippen molar-refractivity contribution in [1.29, 1.82) is 0 Å². The maximum atomic E-state index is 12.7. The number of aryl methyl sites for hydroxylation is 1. The highest BCUT2D eigenvalue weighted by molar-refractivity contribution is 5.97. The van der Waals surface area contributed by atoms with Crippen LogP contribution in [0.4, 0.5) is 11.4 Å². The van der Waals surface area contributed by atoms with Gasteiger partial charge in [0.1, 0.15) is 0 Å². The monoisotopic (exact) mass is 280 g/mol. The number of anilines is 2. The van der Waals surface area contributed by atoms with E-state index in [0.717, 1.165) is 36.3 Å². The number of hydrogen-bond acceptors (Lipinski definition) is 2. The van der Waals surface area contributed by atoms with Gasteiger partial charge >= 0.3 is 0 Å². The first kappa shape index (κ1) is 13.7. The van der Waals surface area contributed by atoms with E-state index in [2.05, 4.69) is 23.6 Å². The van der Waals surface area contributed by atoms with Gasteiger partial charge in [-0.15, -0.1) is 0 Å². The number of carbonyl (C=O) groups is 1. The van der Waals surface area contributed by atoms with Gasteiger partial charge in [-0.05, 0) is 36.1 Å². The zero-order valence-corrected chi connectivity index (χ0v) is 12.2. The molecule has 21 heavy (non-hydrogen) atoms. The highest BCUT2D eigenvalue weighted by atomic mass is 16.1. The standard InChI is InChI=1S/C18H20N2O/c1-2-13-7-3-5-9-16(13)20-18(21)15-11-12-19-17-10-6-4-8-14(15)17/h3-10,15,19H,2,11-12H2,1H3,(H,20,21). The molecule has 1 aliphatic rings. The smallest absolute Gasteiger partial charge is 0.232 e. The van der Waals surface area contributed by atoms with E-state index in [1.807, 2.05) is 42.5 Å². The zero-order chi connectivity index (χ0) is 14.7. The van der Waals surface area contributed by atoms with Crippen molar-refractivity contribution in [3.8, 4) is 0 Å². The van der Waals surface area contributed by atoms with Crippen molar-refractivity contribution in [3.63, 3.8) is 0 Å². The lowest BCUT2D eigenvalue weighted by Crippen LogP contribution is -2.27. The largest absolute Gasteiger partial charge is 0.385 e. The molecule has 3 nitrogen and oxygen atoms in total. The van der Waals surface area contributed by atoms with Crippen LogP contribution in [0.2, 0.25) is 0 Å². The molecule has 1 atom stereocenters. The molecule has 1 aliphatic heterocycles. The third-order valence-corrected chi connectivity index (χ3v) is 4.06. The van der Waals surface area contributed by atoms with Crippen LogP contribution in [0, 0.1) is 0 Å². The summed E-state index contributed by atoms with van der Waals surface area (Å²) in [6.07, 6.45) is 1.75. The molecule has 0 bridgehead atoms. The summed E-state index contributed by atoms with van der Waals surface area (Å²) in [7, 11) is 0. The third kappa shape index (κ3) is 2.77. The Hall–Kier alpha value is -2.29. The molecule has 3 rings (SSSR count). The second-order valence-corrected chi connectivity index (χ2v) is 5.36. The number of rotatable bonds is 3. The van der Waals surface area contributed by atoms with Gasteiger partial charge in [0, 0.05) is 17.9 Å². The topological polar surface area (TPSA) is 41.1 Å². The summed E-state index contributed by atoms with van der Waals surface area (Å²) in [6, 6.07) is 16.1. The van der Waals surface area contributed by atoms with E-state index < -0.39 is 0 Å². The van der Waals surface area contributed by atoms with E-state index in [0.29, 0.717) is 0 Å². The molecule has 0 aliphatic carbocycles. The van der Waals surface area contributed by atoms with Crippen LogP contribution in [0.5, 0.6) is 0 Å². The SMILES string of the molecule is CCc1ccccc1NC(=O)C1CCNc2ccccc21. The van der Waals surface area contributed by atoms with E-state index >= 15 is 0 Å². The fourth-order valence-electron chi connectivity index (χ4n) is 2.91. The van der Waals surface area contributed by atoms with Crippen LogP contribution in [0.15, 0.2) is 48.5 Å². The van der Waals surface area contributed by atoms with Gasteiger partial charge in [0.05, 0.1) is 5.92 Å². The maximum Gasteiger partial charge on any atom is 0.232 e. The predicted molar refractivity (Wildman–Crippen MR) is 86.7 cm³/mol. The summed E-state index contributed by atoms with van der Waals surface area (Å²) < 4.78 is 0. The zero-order valence-electron chi connectivity index (χ0n) is 12.2. The fourth-order valence-corrected chi connectivity index (χ4v) is 2.91. The van der Waals surface area contributed by atoms with Gasteiger partial charge in [0.25, 0.3) is 0 Å². The molecule has 0 spiro atoms. The first-order chi connectivity index (χ1) is 10.3. The van der Waals surface area contributed by atoms with E-state index in [9.17, 15) is 4.79 Å². The second kappa shape index (κ2) is 6.00. The van der Waals surface area contributed by atoms with Crippen LogP contribution >= 0.6 is 0 Å². The molecule has 0 radical (unpaired) electrons. The highest BCUT2D eigenvalue weighted by Crippen LogP contribution is 2.32. The molecule has 0 aromatic heterocycles. The van der Waals surface area contributed by atoms with Crippen molar-refractivity contribution < 1.29 is 4.79 Å². The fraction of sp³-hybridized carbons (Fsp3) is 0.278. The molecule has 0 fully saturated rings. The minimum absolute atomic E-state index is 0.0765. The molecule has 2 aromatic rings. The molecule has 0 saturated heterocycles. The second-order valence-electron chi connectivity index (χ2n) is 5.36. The number of fused-ring (bicyclic) bond motifs is 1. The van der Waals surface area contributed by atoms with E-state index in [4.69, 9.17) is 0 Å². The average molecular weight is 280 g/mol. The summed E-state index contributed by atoms with van der Waals surface area (Å²) in [5, 5.41) is 6.46. The van der Waals surface area contributed by atoms with Gasteiger partial charge in [-0.2, -0.15) is 0 Å². The number of para-hydroxylation sites is 2. The van der Waals surface area contributed by atoms with Crippen LogP contribution in [0.3, 0.4) is 0 Å². The van der Waals surface area contributed by atoms with Crippen LogP contribution in [0.1, 0.15) is 30.4 Å². The molecule has 2 N–H and O–H groups in total. The minimum Gasteiger partial charge on any atom is -0.385 e. The average Bonchev–Trinajstić information content (AvgIpc) is 2.54. The van der Waals surface area contributed by atoms with Crippen LogP contribution < -0.4 is 10.6 Å². The predicted octanol–water partition coefficient (Wildman–Crippen LogP) is 3.79. The Morgan fingerprint density at radius 3 is 2.81 bits per heavy atom. The first-order valence-electron chi connectivity index (χ1n) is 7.51. The Morgan fingerprint density at radius 1 is 1.19 bits per heavy atom. The molecule has 2 aromatic carbocycles. The van der Waals surface area contributed by atoms with E-state index in [1.165, 1.54) is 5.56 Å². The van der Waals surface area contributed by atoms with Gasteiger partial charge < -0.3 is 10.6 Å². The van der Waals surface area contributed by atoms with Crippen molar-refractivity contribution >= 4 is 17.3 Å². The lowest BCUT2D eigenvalue weighted by atomic mass is 9.90. The van der Waals surface area contributed by atoms with Crippen LogP contribution in [-0.4, -0.2) is 12.5 Å². The van der Waals surface area contributed by atoms with Crippen LogP contribution in [-0.2, 0) is 11.2 Å². The van der Waals surface area contributed by atoms with Gasteiger partial charge in [0.15, 0.2) is 0 Å². The molecule has 1 amide bonds. The first-order valence-corrected chi connectivity index (χ1v) is 7.51. The van der Waals surface area contributed by atoms with E-state index in [1.54, 1.807) is 0 Å². The van der Waals surface area contributed by atoms with Gasteiger partial charge in [-0.1, -0.05) is 43.3 Å². The quantitative estimate of drug-likeness (QED) is 0.898. The van der Waals surface area contributed by atoms with Crippen molar-refractivity contribution in [1.82, 2.24) is 0 Å². The lowest BCUT2D eigenvalue weighted by molar-refractivity contribution is -0.117. The Balaban J connectivity index is 1.84. The Kier molecular flexibility index (Phi) is 3.91. The summed E-state index contributed by atoms with van der Waals surface area (Å²) >= 11 is 0. The number of nitrogens with one attached hydrogen (secondary N) is 2. The highest BCUT2D eigenvalue weighted by Gasteiger charge is 2.26. The molecule has 1 heterocycles. The summed E-state index contributed by atoms with van der Waals surface area (Å²) in [5.41, 5.74) is 4.27. The summed E-state index contributed by atoms with van der Waals surface area (Å²) in [4.78, 5) is 12.7. The van der Waals surface area contributed by atoms with Gasteiger partial charge in [-0.3, -0.25) is 4.79 Å². The normalized spacial score (nSPS) is 16.7. The number of amides is 1. The Bertz CT molecular complexity index is 651. The number of carbonyl (C=O) groups excluding carboxylic acids is 1. The minimum atomic E-state index is -0.0765. The van der Waals surface area contributed by atoms with Crippen molar-refractivity contribution in [2.24, 2.45) is 0 Å². The molecule has 0 saturated carbocycles. The van der Waals surface area contributed by atoms with Crippen LogP contribution in [0.25, 0.3) is 0 Å².